The van der Waals surface area contributed by atoms with Crippen molar-refractivity contribution < 1.29 is 14.3 Å². The lowest BCUT2D eigenvalue weighted by molar-refractivity contribution is -0.120. The van der Waals surface area contributed by atoms with E-state index < -0.39 is 0 Å². The molecule has 0 radical (unpaired) electrons. The second kappa shape index (κ2) is 9.01. The van der Waals surface area contributed by atoms with Crippen molar-refractivity contribution in [3.63, 3.8) is 0 Å². The van der Waals surface area contributed by atoms with E-state index in [-0.39, 0.29) is 18.9 Å². The summed E-state index contributed by atoms with van der Waals surface area (Å²) in [7, 11) is 1.60. The maximum atomic E-state index is 11.9. The molecule has 122 valence electrons. The van der Waals surface area contributed by atoms with Gasteiger partial charge >= 0.3 is 0 Å². The van der Waals surface area contributed by atoms with Crippen LogP contribution in [0.4, 0.5) is 0 Å². The first-order valence-electron chi connectivity index (χ1n) is 7.32. The first-order valence-corrected chi connectivity index (χ1v) is 7.32. The number of terminal acetylenes is 1. The quantitative estimate of drug-likeness (QED) is 0.484. The minimum Gasteiger partial charge on any atom is -0.497 e. The van der Waals surface area contributed by atoms with E-state index in [0.717, 1.165) is 16.9 Å². The Morgan fingerprint density at radius 3 is 2.75 bits per heavy atom. The average molecular weight is 322 g/mol. The third-order valence-electron chi connectivity index (χ3n) is 3.11. The zero-order chi connectivity index (χ0) is 17.2. The highest BCUT2D eigenvalue weighted by Crippen LogP contribution is 2.12. The van der Waals surface area contributed by atoms with Crippen LogP contribution >= 0.6 is 0 Å². The normalized spacial score (nSPS) is 10.2. The van der Waals surface area contributed by atoms with Gasteiger partial charge in [0.15, 0.2) is 0 Å². The first-order chi connectivity index (χ1) is 11.7. The lowest BCUT2D eigenvalue weighted by Crippen LogP contribution is -2.19. The van der Waals surface area contributed by atoms with Crippen LogP contribution in [0.5, 0.6) is 11.5 Å². The van der Waals surface area contributed by atoms with Crippen molar-refractivity contribution in [1.29, 1.82) is 0 Å². The van der Waals surface area contributed by atoms with Gasteiger partial charge in [-0.05, 0) is 35.4 Å². The zero-order valence-corrected chi connectivity index (χ0v) is 13.4. The van der Waals surface area contributed by atoms with E-state index >= 15 is 0 Å². The van der Waals surface area contributed by atoms with Crippen LogP contribution < -0.4 is 14.9 Å². The molecular weight excluding hydrogens is 304 g/mol. The molecule has 0 saturated heterocycles. The number of hydrogen-bond donors (Lipinski definition) is 1. The van der Waals surface area contributed by atoms with E-state index in [0.29, 0.717) is 5.75 Å². The summed E-state index contributed by atoms with van der Waals surface area (Å²) in [6, 6.07) is 14.6. The largest absolute Gasteiger partial charge is 0.497 e. The fraction of sp³-hybridized carbons (Fsp3) is 0.158. The van der Waals surface area contributed by atoms with Crippen LogP contribution in [0.1, 0.15) is 11.1 Å². The molecule has 0 aromatic heterocycles. The number of rotatable bonds is 7. The summed E-state index contributed by atoms with van der Waals surface area (Å²) in [4.78, 5) is 11.9. The number of amides is 1. The SMILES string of the molecule is C#CCOc1cccc(/C=N\NC(=O)Cc2ccc(OC)cc2)c1. The number of carbonyl (C=O) groups is 1. The highest BCUT2D eigenvalue weighted by molar-refractivity contribution is 5.83. The van der Waals surface area contributed by atoms with Gasteiger partial charge in [-0.15, -0.1) is 6.42 Å². The average Bonchev–Trinajstić information content (AvgIpc) is 2.61. The molecule has 1 amide bonds. The summed E-state index contributed by atoms with van der Waals surface area (Å²) in [5.74, 6) is 3.61. The Balaban J connectivity index is 1.86. The highest BCUT2D eigenvalue weighted by Gasteiger charge is 2.02. The summed E-state index contributed by atoms with van der Waals surface area (Å²) in [6.45, 7) is 0.208. The van der Waals surface area contributed by atoms with Gasteiger partial charge in [-0.3, -0.25) is 4.79 Å². The van der Waals surface area contributed by atoms with Crippen molar-refractivity contribution in [3.8, 4) is 23.8 Å². The summed E-state index contributed by atoms with van der Waals surface area (Å²) in [5, 5.41) is 3.95. The number of ether oxygens (including phenoxy) is 2. The van der Waals surface area contributed by atoms with Gasteiger partial charge in [-0.2, -0.15) is 5.10 Å². The molecule has 2 aromatic rings. The summed E-state index contributed by atoms with van der Waals surface area (Å²) < 4.78 is 10.4. The predicted molar refractivity (Wildman–Crippen MR) is 93.2 cm³/mol. The highest BCUT2D eigenvalue weighted by atomic mass is 16.5. The molecule has 1 N–H and O–H groups in total. The van der Waals surface area contributed by atoms with Crippen LogP contribution in [0.2, 0.25) is 0 Å². The number of hydrazone groups is 1. The predicted octanol–water partition coefficient (Wildman–Crippen LogP) is 2.40. The molecule has 5 nitrogen and oxygen atoms in total. The fourth-order valence-electron chi connectivity index (χ4n) is 1.96. The van der Waals surface area contributed by atoms with Gasteiger partial charge in [0, 0.05) is 0 Å². The minimum atomic E-state index is -0.198. The molecule has 0 aliphatic heterocycles. The number of nitrogens with zero attached hydrogens (tertiary/aromatic N) is 1. The third kappa shape index (κ3) is 5.50. The van der Waals surface area contributed by atoms with E-state index in [4.69, 9.17) is 15.9 Å². The summed E-state index contributed by atoms with van der Waals surface area (Å²) >= 11 is 0. The van der Waals surface area contributed by atoms with Crippen LogP contribution in [-0.2, 0) is 11.2 Å². The number of nitrogens with one attached hydrogen (secondary N) is 1. The van der Waals surface area contributed by atoms with Gasteiger partial charge in [-0.25, -0.2) is 5.43 Å². The second-order valence-electron chi connectivity index (χ2n) is 4.88. The summed E-state index contributed by atoms with van der Waals surface area (Å²) in [6.07, 6.45) is 6.94. The van der Waals surface area contributed by atoms with Gasteiger partial charge in [0.25, 0.3) is 0 Å². The monoisotopic (exact) mass is 322 g/mol. The molecule has 0 bridgehead atoms. The Morgan fingerprint density at radius 1 is 1.25 bits per heavy atom. The van der Waals surface area contributed by atoms with Crippen molar-refractivity contribution in [3.05, 3.63) is 59.7 Å². The maximum absolute atomic E-state index is 11.9. The number of hydrogen-bond acceptors (Lipinski definition) is 4. The van der Waals surface area contributed by atoms with E-state index in [9.17, 15) is 4.79 Å². The van der Waals surface area contributed by atoms with Gasteiger partial charge in [0.05, 0.1) is 19.7 Å². The number of carbonyl (C=O) groups excluding carboxylic acids is 1. The molecule has 0 aliphatic carbocycles. The third-order valence-corrected chi connectivity index (χ3v) is 3.11. The second-order valence-corrected chi connectivity index (χ2v) is 4.88. The van der Waals surface area contributed by atoms with Crippen molar-refractivity contribution >= 4 is 12.1 Å². The zero-order valence-electron chi connectivity index (χ0n) is 13.4. The van der Waals surface area contributed by atoms with Crippen LogP contribution in [0.25, 0.3) is 0 Å². The van der Waals surface area contributed by atoms with Crippen LogP contribution in [0.3, 0.4) is 0 Å². The van der Waals surface area contributed by atoms with E-state index in [2.05, 4.69) is 16.4 Å². The lowest BCUT2D eigenvalue weighted by Gasteiger charge is -2.03. The molecule has 0 saturated carbocycles. The minimum absolute atomic E-state index is 0.198. The molecule has 2 aromatic carbocycles. The Kier molecular flexibility index (Phi) is 6.42. The first kappa shape index (κ1) is 17.1. The van der Waals surface area contributed by atoms with Crippen LogP contribution in [0, 0.1) is 12.3 Å². The molecule has 24 heavy (non-hydrogen) atoms. The molecule has 0 fully saturated rings. The van der Waals surface area contributed by atoms with Gasteiger partial charge < -0.3 is 9.47 Å². The molecule has 0 heterocycles. The number of methoxy groups -OCH3 is 1. The molecule has 0 aliphatic rings. The maximum Gasteiger partial charge on any atom is 0.244 e. The Hall–Kier alpha value is -3.26. The summed E-state index contributed by atoms with van der Waals surface area (Å²) in [5.41, 5.74) is 4.18. The topological polar surface area (TPSA) is 59.9 Å². The van der Waals surface area contributed by atoms with Gasteiger partial charge in [0.1, 0.15) is 18.1 Å². The molecular formula is C19H18N2O3. The molecule has 2 rings (SSSR count). The van der Waals surface area contributed by atoms with Crippen molar-refractivity contribution in [2.45, 2.75) is 6.42 Å². The smallest absolute Gasteiger partial charge is 0.244 e. The standard InChI is InChI=1S/C19H18N2O3/c1-3-11-24-18-6-4-5-16(12-18)14-20-21-19(22)13-15-7-9-17(23-2)10-8-15/h1,4-10,12,14H,11,13H2,2H3,(H,21,22)/b20-14-. The Labute approximate surface area is 141 Å². The Morgan fingerprint density at radius 2 is 2.04 bits per heavy atom. The van der Waals surface area contributed by atoms with Gasteiger partial charge in [0.2, 0.25) is 5.91 Å². The Bertz CT molecular complexity index is 746. The van der Waals surface area contributed by atoms with Crippen molar-refractivity contribution in [1.82, 2.24) is 5.43 Å². The fourth-order valence-corrected chi connectivity index (χ4v) is 1.96. The van der Waals surface area contributed by atoms with Crippen molar-refractivity contribution in [2.24, 2.45) is 5.10 Å². The van der Waals surface area contributed by atoms with Crippen LogP contribution in [0.15, 0.2) is 53.6 Å². The van der Waals surface area contributed by atoms with Gasteiger partial charge in [-0.1, -0.05) is 30.2 Å². The lowest BCUT2D eigenvalue weighted by atomic mass is 10.1. The number of benzene rings is 2. The van der Waals surface area contributed by atoms with E-state index in [1.807, 2.05) is 36.4 Å². The molecule has 0 spiro atoms. The molecule has 0 atom stereocenters. The van der Waals surface area contributed by atoms with Crippen molar-refractivity contribution in [2.75, 3.05) is 13.7 Å². The molecule has 0 unspecified atom stereocenters. The van der Waals surface area contributed by atoms with E-state index in [1.165, 1.54) is 0 Å². The van der Waals surface area contributed by atoms with Crippen LogP contribution in [-0.4, -0.2) is 25.8 Å². The van der Waals surface area contributed by atoms with E-state index in [1.54, 1.807) is 25.5 Å². The molecule has 5 heteroatoms.